The number of rotatable bonds is 2. The van der Waals surface area contributed by atoms with Crippen LogP contribution in [-0.4, -0.2) is 28.2 Å². The molecule has 0 unspecified atom stereocenters. The minimum Gasteiger partial charge on any atom is -1.00 e. The van der Waals surface area contributed by atoms with E-state index in [0.29, 0.717) is 5.56 Å². The molecule has 118 valence electrons. The number of fused-ring (bicyclic) bond motifs is 1. The van der Waals surface area contributed by atoms with Gasteiger partial charge < -0.3 is 27.6 Å². The largest absolute Gasteiger partial charge is 1.00 e. The van der Waals surface area contributed by atoms with E-state index in [1.165, 1.54) is 19.2 Å². The number of carbonyl (C=O) groups excluding carboxylic acids is 1. The maximum Gasteiger partial charge on any atom is 1.00 e. The Hall–Kier alpha value is -0.890. The van der Waals surface area contributed by atoms with Gasteiger partial charge in [0.15, 0.2) is 17.3 Å². The first kappa shape index (κ1) is 21.2. The van der Waals surface area contributed by atoms with Crippen molar-refractivity contribution in [2.45, 2.75) is 12.5 Å². The quantitative estimate of drug-likeness (QED) is 0.493. The van der Waals surface area contributed by atoms with Gasteiger partial charge in [-0.15, -0.1) is 0 Å². The fourth-order valence-corrected chi connectivity index (χ4v) is 2.51. The van der Waals surface area contributed by atoms with Gasteiger partial charge in [0.2, 0.25) is 0 Å². The molecule has 0 amide bonds. The van der Waals surface area contributed by atoms with Crippen molar-refractivity contribution in [2.75, 3.05) is 7.11 Å². The number of carbonyl (C=O) groups is 1. The molecule has 1 aliphatic heterocycles. The van der Waals surface area contributed by atoms with E-state index >= 15 is 0 Å². The molecule has 3 N–H and O–H groups in total. The van der Waals surface area contributed by atoms with Crippen LogP contribution < -0.4 is 68.6 Å². The predicted octanol–water partition coefficient (Wildman–Crippen LogP) is -3.25. The molecule has 1 atom stereocenters. The Balaban J connectivity index is 0. The van der Waals surface area contributed by atoms with Crippen LogP contribution in [0.3, 0.4) is 0 Å². The summed E-state index contributed by atoms with van der Waals surface area (Å²) < 4.78 is 10.8. The van der Waals surface area contributed by atoms with Crippen molar-refractivity contribution < 1.29 is 91.6 Å². The SMILES string of the molecule is COc1cc([C@@H]2CC(=O)c3c(O)cc(O)cc3O2)ccc1O.[H-].[H-].[Na+].[Na+]. The van der Waals surface area contributed by atoms with E-state index in [-0.39, 0.29) is 108 Å². The van der Waals surface area contributed by atoms with Crippen LogP contribution in [0.4, 0.5) is 0 Å². The van der Waals surface area contributed by atoms with Crippen LogP contribution in [0, 0.1) is 0 Å². The summed E-state index contributed by atoms with van der Waals surface area (Å²) in [7, 11) is 1.43. The van der Waals surface area contributed by atoms with Gasteiger partial charge in [0.05, 0.1) is 13.5 Å². The van der Waals surface area contributed by atoms with E-state index < -0.39 is 6.10 Å². The number of ether oxygens (including phenoxy) is 2. The first-order chi connectivity index (χ1) is 10.5. The predicted molar refractivity (Wildman–Crippen MR) is 79.0 cm³/mol. The van der Waals surface area contributed by atoms with Crippen molar-refractivity contribution >= 4 is 5.78 Å². The summed E-state index contributed by atoms with van der Waals surface area (Å²) in [4.78, 5) is 12.2. The first-order valence-corrected chi connectivity index (χ1v) is 6.62. The fourth-order valence-electron chi connectivity index (χ4n) is 2.51. The number of phenolic OH excluding ortho intramolecular Hbond substituents is 3. The van der Waals surface area contributed by atoms with Gasteiger partial charge in [0.25, 0.3) is 0 Å². The summed E-state index contributed by atoms with van der Waals surface area (Å²) >= 11 is 0. The Bertz CT molecular complexity index is 773. The van der Waals surface area contributed by atoms with Crippen molar-refractivity contribution in [3.63, 3.8) is 0 Å². The zero-order chi connectivity index (χ0) is 15.9. The summed E-state index contributed by atoms with van der Waals surface area (Å²) in [5.41, 5.74) is 0.719. The average molecular weight is 350 g/mol. The van der Waals surface area contributed by atoms with Crippen LogP contribution >= 0.6 is 0 Å². The topological polar surface area (TPSA) is 96.2 Å². The number of phenols is 3. The molecular formula is C16H16Na2O6. The molecule has 1 aliphatic rings. The number of Topliss-reactive ketones (excluding diaryl/α,β-unsaturated/α-hetero) is 1. The molecule has 0 aliphatic carbocycles. The van der Waals surface area contributed by atoms with Gasteiger partial charge >= 0.3 is 59.1 Å². The summed E-state index contributed by atoms with van der Waals surface area (Å²) in [6.45, 7) is 0. The van der Waals surface area contributed by atoms with Crippen LogP contribution in [0.15, 0.2) is 30.3 Å². The van der Waals surface area contributed by atoms with Gasteiger partial charge in [-0.25, -0.2) is 0 Å². The molecule has 0 fully saturated rings. The second kappa shape index (κ2) is 8.47. The Morgan fingerprint density at radius 2 is 1.83 bits per heavy atom. The summed E-state index contributed by atoms with van der Waals surface area (Å²) in [6.07, 6.45) is -0.546. The molecule has 0 aromatic heterocycles. The number of ketones is 1. The van der Waals surface area contributed by atoms with Crippen molar-refractivity contribution in [3.05, 3.63) is 41.5 Å². The van der Waals surface area contributed by atoms with Crippen LogP contribution in [0.1, 0.15) is 31.3 Å². The van der Waals surface area contributed by atoms with E-state index in [0.717, 1.165) is 6.07 Å². The van der Waals surface area contributed by atoms with Gasteiger partial charge in [-0.3, -0.25) is 4.79 Å². The maximum absolute atomic E-state index is 12.2. The number of benzene rings is 2. The molecule has 1 heterocycles. The van der Waals surface area contributed by atoms with Gasteiger partial charge in [-0.05, 0) is 17.7 Å². The maximum atomic E-state index is 12.2. The normalized spacial score (nSPS) is 15.4. The zero-order valence-corrected chi connectivity index (χ0v) is 17.7. The Morgan fingerprint density at radius 1 is 1.12 bits per heavy atom. The summed E-state index contributed by atoms with van der Waals surface area (Å²) in [6, 6.07) is 7.06. The van der Waals surface area contributed by atoms with E-state index in [2.05, 4.69) is 0 Å². The van der Waals surface area contributed by atoms with Crippen molar-refractivity contribution in [1.82, 2.24) is 0 Å². The monoisotopic (exact) mass is 350 g/mol. The standard InChI is InChI=1S/C16H14O6.2Na.2H/c1-21-14-4-8(2-3-10(14)18)13-7-12(20)16-11(19)5-9(17)6-15(16)22-13;;;;/h2-6,13,17-19H,7H2,1H3;;;;/q;2*+1;2*-1/t13-;;;;/m0..../s1. The van der Waals surface area contributed by atoms with Crippen molar-refractivity contribution in [1.29, 1.82) is 0 Å². The first-order valence-electron chi connectivity index (χ1n) is 6.62. The summed E-state index contributed by atoms with van der Waals surface area (Å²) in [5, 5.41) is 28.9. The molecule has 0 saturated carbocycles. The van der Waals surface area contributed by atoms with Crippen LogP contribution in [-0.2, 0) is 0 Å². The van der Waals surface area contributed by atoms with Crippen molar-refractivity contribution in [2.24, 2.45) is 0 Å². The molecule has 0 radical (unpaired) electrons. The third-order valence-electron chi connectivity index (χ3n) is 3.56. The molecule has 0 saturated heterocycles. The van der Waals surface area contributed by atoms with Gasteiger partial charge in [-0.2, -0.15) is 0 Å². The molecule has 3 rings (SSSR count). The molecule has 6 nitrogen and oxygen atoms in total. The summed E-state index contributed by atoms with van der Waals surface area (Å²) in [5.74, 6) is -0.376. The minimum atomic E-state index is -0.587. The number of aromatic hydroxyl groups is 3. The van der Waals surface area contributed by atoms with E-state index in [1.807, 2.05) is 0 Å². The zero-order valence-electron chi connectivity index (χ0n) is 15.7. The van der Waals surface area contributed by atoms with Gasteiger partial charge in [0, 0.05) is 12.1 Å². The van der Waals surface area contributed by atoms with Gasteiger partial charge in [0.1, 0.15) is 28.9 Å². The van der Waals surface area contributed by atoms with E-state index in [9.17, 15) is 20.1 Å². The van der Waals surface area contributed by atoms with Crippen molar-refractivity contribution in [3.8, 4) is 28.7 Å². The Kier molecular flexibility index (Phi) is 7.46. The second-order valence-corrected chi connectivity index (χ2v) is 5.00. The Labute approximate surface area is 186 Å². The van der Waals surface area contributed by atoms with Crippen LogP contribution in [0.5, 0.6) is 28.7 Å². The molecule has 0 spiro atoms. The van der Waals surface area contributed by atoms with Crippen LogP contribution in [0.25, 0.3) is 0 Å². The molecule has 2 aromatic carbocycles. The Morgan fingerprint density at radius 3 is 2.50 bits per heavy atom. The third kappa shape index (κ3) is 4.02. The molecule has 24 heavy (non-hydrogen) atoms. The fraction of sp³-hybridized carbons (Fsp3) is 0.188. The van der Waals surface area contributed by atoms with E-state index in [4.69, 9.17) is 9.47 Å². The average Bonchev–Trinajstić information content (AvgIpc) is 2.46. The van der Waals surface area contributed by atoms with Crippen LogP contribution in [0.2, 0.25) is 0 Å². The second-order valence-electron chi connectivity index (χ2n) is 5.00. The molecular weight excluding hydrogens is 334 g/mol. The molecule has 8 heteroatoms. The number of hydrogen-bond donors (Lipinski definition) is 3. The number of hydrogen-bond acceptors (Lipinski definition) is 6. The third-order valence-corrected chi connectivity index (χ3v) is 3.56. The molecule has 0 bridgehead atoms. The van der Waals surface area contributed by atoms with E-state index in [1.54, 1.807) is 12.1 Å². The van der Waals surface area contributed by atoms with Gasteiger partial charge in [-0.1, -0.05) is 6.07 Å². The number of methoxy groups -OCH3 is 1. The minimum absolute atomic E-state index is 0. The molecule has 2 aromatic rings. The smallest absolute Gasteiger partial charge is 1.00 e.